The molecule has 0 aliphatic carbocycles. The van der Waals surface area contributed by atoms with Crippen LogP contribution in [0, 0.1) is 5.92 Å². The van der Waals surface area contributed by atoms with Gasteiger partial charge in [0.1, 0.15) is 0 Å². The number of aromatic nitrogens is 4. The lowest BCUT2D eigenvalue weighted by Gasteiger charge is -2.12. The second kappa shape index (κ2) is 7.59. The standard InChI is InChI=1S/C19H26N6O/c1-12(2)11-26-19-23-17-16(13(3)4)10-22-25(17)18(24-19)21-9-14-6-5-7-15(20)8-14/h5-8,10,12-13H,9,11,20H2,1-4H3,(H,21,23,24). The van der Waals surface area contributed by atoms with Gasteiger partial charge in [-0.2, -0.15) is 19.6 Å². The molecule has 0 aliphatic rings. The van der Waals surface area contributed by atoms with Crippen LogP contribution in [0.3, 0.4) is 0 Å². The predicted octanol–water partition coefficient (Wildman–Crippen LogP) is 3.48. The predicted molar refractivity (Wildman–Crippen MR) is 103 cm³/mol. The van der Waals surface area contributed by atoms with Gasteiger partial charge in [-0.15, -0.1) is 0 Å². The van der Waals surface area contributed by atoms with Crippen molar-refractivity contribution in [1.29, 1.82) is 0 Å². The summed E-state index contributed by atoms with van der Waals surface area (Å²) >= 11 is 0. The molecule has 0 bridgehead atoms. The van der Waals surface area contributed by atoms with Gasteiger partial charge in [-0.05, 0) is 29.5 Å². The van der Waals surface area contributed by atoms with Gasteiger partial charge in [-0.25, -0.2) is 0 Å². The van der Waals surface area contributed by atoms with Crippen molar-refractivity contribution in [1.82, 2.24) is 19.6 Å². The summed E-state index contributed by atoms with van der Waals surface area (Å²) < 4.78 is 7.49. The highest BCUT2D eigenvalue weighted by atomic mass is 16.5. The summed E-state index contributed by atoms with van der Waals surface area (Å²) in [7, 11) is 0. The van der Waals surface area contributed by atoms with E-state index < -0.39 is 0 Å². The van der Waals surface area contributed by atoms with Crippen LogP contribution in [0.25, 0.3) is 5.65 Å². The number of nitrogens with zero attached hydrogens (tertiary/aromatic N) is 4. The molecule has 0 radical (unpaired) electrons. The monoisotopic (exact) mass is 354 g/mol. The Hall–Kier alpha value is -2.83. The molecule has 3 N–H and O–H groups in total. The molecule has 0 unspecified atom stereocenters. The molecule has 0 saturated heterocycles. The molecular formula is C19H26N6O. The zero-order chi connectivity index (χ0) is 18.7. The van der Waals surface area contributed by atoms with Gasteiger partial charge < -0.3 is 15.8 Å². The van der Waals surface area contributed by atoms with Crippen molar-refractivity contribution in [3.05, 3.63) is 41.6 Å². The number of hydrogen-bond donors (Lipinski definition) is 2. The first kappa shape index (κ1) is 18.0. The lowest BCUT2D eigenvalue weighted by Crippen LogP contribution is -2.13. The third kappa shape index (κ3) is 4.04. The highest BCUT2D eigenvalue weighted by molar-refractivity contribution is 5.53. The molecule has 3 aromatic rings. The van der Waals surface area contributed by atoms with E-state index in [0.717, 1.165) is 22.5 Å². The molecule has 2 heterocycles. The van der Waals surface area contributed by atoms with Crippen LogP contribution in [0.15, 0.2) is 30.5 Å². The molecule has 138 valence electrons. The number of nitrogen functional groups attached to an aromatic ring is 1. The minimum absolute atomic E-state index is 0.308. The summed E-state index contributed by atoms with van der Waals surface area (Å²) in [5, 5.41) is 7.78. The molecule has 7 nitrogen and oxygen atoms in total. The second-order valence-corrected chi connectivity index (χ2v) is 7.12. The number of nitrogens with two attached hydrogens (primary N) is 1. The van der Waals surface area contributed by atoms with Crippen molar-refractivity contribution >= 4 is 17.3 Å². The van der Waals surface area contributed by atoms with Crippen LogP contribution in [-0.4, -0.2) is 26.2 Å². The summed E-state index contributed by atoms with van der Waals surface area (Å²) in [6.07, 6.45) is 1.84. The van der Waals surface area contributed by atoms with Gasteiger partial charge in [0.25, 0.3) is 0 Å². The van der Waals surface area contributed by atoms with E-state index in [1.165, 1.54) is 0 Å². The average molecular weight is 354 g/mol. The SMILES string of the molecule is CC(C)COc1nc(NCc2cccc(N)c2)n2ncc(C(C)C)c2n1. The highest BCUT2D eigenvalue weighted by Gasteiger charge is 2.16. The van der Waals surface area contributed by atoms with Crippen LogP contribution in [0.2, 0.25) is 0 Å². The molecule has 0 aliphatic heterocycles. The molecular weight excluding hydrogens is 328 g/mol. The first-order valence-corrected chi connectivity index (χ1v) is 8.90. The first-order valence-electron chi connectivity index (χ1n) is 8.90. The van der Waals surface area contributed by atoms with E-state index in [1.54, 1.807) is 4.52 Å². The topological polar surface area (TPSA) is 90.4 Å². The Morgan fingerprint density at radius 1 is 1.19 bits per heavy atom. The van der Waals surface area contributed by atoms with E-state index in [2.05, 4.69) is 48.1 Å². The number of benzene rings is 1. The maximum Gasteiger partial charge on any atom is 0.321 e. The van der Waals surface area contributed by atoms with E-state index >= 15 is 0 Å². The molecule has 0 amide bonds. The molecule has 3 rings (SSSR count). The van der Waals surface area contributed by atoms with E-state index in [-0.39, 0.29) is 0 Å². The Labute approximate surface area is 153 Å². The fraction of sp³-hybridized carbons (Fsp3) is 0.421. The molecule has 1 aromatic carbocycles. The lowest BCUT2D eigenvalue weighted by atomic mass is 10.1. The van der Waals surface area contributed by atoms with Crippen LogP contribution < -0.4 is 15.8 Å². The van der Waals surface area contributed by atoms with Gasteiger partial charge in [-0.1, -0.05) is 39.8 Å². The number of rotatable bonds is 7. The molecule has 0 atom stereocenters. The zero-order valence-corrected chi connectivity index (χ0v) is 15.7. The van der Waals surface area contributed by atoms with Crippen molar-refractivity contribution in [2.24, 2.45) is 5.92 Å². The average Bonchev–Trinajstić information content (AvgIpc) is 3.02. The van der Waals surface area contributed by atoms with Gasteiger partial charge >= 0.3 is 6.01 Å². The lowest BCUT2D eigenvalue weighted by molar-refractivity contribution is 0.251. The summed E-state index contributed by atoms with van der Waals surface area (Å²) in [6, 6.07) is 8.12. The Morgan fingerprint density at radius 2 is 2.00 bits per heavy atom. The molecule has 0 spiro atoms. The number of ether oxygens (including phenoxy) is 1. The van der Waals surface area contributed by atoms with Crippen molar-refractivity contribution in [2.45, 2.75) is 40.2 Å². The summed E-state index contributed by atoms with van der Waals surface area (Å²) in [6.45, 7) is 9.57. The van der Waals surface area contributed by atoms with Gasteiger partial charge in [-0.3, -0.25) is 0 Å². The quantitative estimate of drug-likeness (QED) is 0.631. The maximum absolute atomic E-state index is 5.86. The Morgan fingerprint density at radius 3 is 2.69 bits per heavy atom. The van der Waals surface area contributed by atoms with Crippen LogP contribution >= 0.6 is 0 Å². The third-order valence-electron chi connectivity index (χ3n) is 3.94. The van der Waals surface area contributed by atoms with Crippen molar-refractivity contribution in [3.63, 3.8) is 0 Å². The number of nitrogens with one attached hydrogen (secondary N) is 1. The molecule has 0 fully saturated rings. The van der Waals surface area contributed by atoms with Crippen LogP contribution in [0.5, 0.6) is 6.01 Å². The van der Waals surface area contributed by atoms with E-state index in [4.69, 9.17) is 10.5 Å². The van der Waals surface area contributed by atoms with Gasteiger partial charge in [0.15, 0.2) is 5.65 Å². The van der Waals surface area contributed by atoms with E-state index in [1.807, 2.05) is 30.5 Å². The zero-order valence-electron chi connectivity index (χ0n) is 15.7. The minimum atomic E-state index is 0.308. The normalized spacial score (nSPS) is 11.5. The fourth-order valence-corrected chi connectivity index (χ4v) is 2.59. The van der Waals surface area contributed by atoms with Gasteiger partial charge in [0.05, 0.1) is 12.8 Å². The third-order valence-corrected chi connectivity index (χ3v) is 3.94. The summed E-state index contributed by atoms with van der Waals surface area (Å²) in [4.78, 5) is 9.07. The largest absolute Gasteiger partial charge is 0.463 e. The second-order valence-electron chi connectivity index (χ2n) is 7.12. The number of anilines is 2. The van der Waals surface area contributed by atoms with Crippen molar-refractivity contribution < 1.29 is 4.74 Å². The molecule has 7 heteroatoms. The Kier molecular flexibility index (Phi) is 5.25. The van der Waals surface area contributed by atoms with Crippen molar-refractivity contribution in [2.75, 3.05) is 17.7 Å². The van der Waals surface area contributed by atoms with Gasteiger partial charge in [0.2, 0.25) is 5.95 Å². The summed E-state index contributed by atoms with van der Waals surface area (Å²) in [5.41, 5.74) is 9.49. The highest BCUT2D eigenvalue weighted by Crippen LogP contribution is 2.23. The molecule has 0 saturated carbocycles. The fourth-order valence-electron chi connectivity index (χ4n) is 2.59. The van der Waals surface area contributed by atoms with Crippen LogP contribution in [0.4, 0.5) is 11.6 Å². The Balaban J connectivity index is 1.93. The van der Waals surface area contributed by atoms with E-state index in [9.17, 15) is 0 Å². The van der Waals surface area contributed by atoms with Gasteiger partial charge in [0, 0.05) is 17.8 Å². The Bertz CT molecular complexity index is 887. The maximum atomic E-state index is 5.86. The summed E-state index contributed by atoms with van der Waals surface area (Å²) in [5.74, 6) is 1.30. The van der Waals surface area contributed by atoms with Crippen molar-refractivity contribution in [3.8, 4) is 6.01 Å². The first-order chi connectivity index (χ1) is 12.4. The smallest absolute Gasteiger partial charge is 0.321 e. The molecule has 2 aromatic heterocycles. The van der Waals surface area contributed by atoms with Crippen LogP contribution in [-0.2, 0) is 6.54 Å². The van der Waals surface area contributed by atoms with Crippen LogP contribution in [0.1, 0.15) is 44.7 Å². The number of fused-ring (bicyclic) bond motifs is 1. The minimum Gasteiger partial charge on any atom is -0.463 e. The molecule has 26 heavy (non-hydrogen) atoms. The van der Waals surface area contributed by atoms with E-state index in [0.29, 0.717) is 36.9 Å². The number of hydrogen-bond acceptors (Lipinski definition) is 6.